The molecule has 1 aromatic heterocycles. The molecule has 98 valence electrons. The van der Waals surface area contributed by atoms with Crippen LogP contribution in [0.3, 0.4) is 0 Å². The zero-order valence-corrected chi connectivity index (χ0v) is 11.2. The quantitative estimate of drug-likeness (QED) is 0.844. The molecular weight excluding hydrogens is 295 g/mol. The van der Waals surface area contributed by atoms with Gasteiger partial charge >= 0.3 is 6.18 Å². The molecule has 0 aliphatic carbocycles. The van der Waals surface area contributed by atoms with Crippen LogP contribution in [0.5, 0.6) is 0 Å². The fourth-order valence-corrected chi connectivity index (χ4v) is 3.00. The van der Waals surface area contributed by atoms with Gasteiger partial charge in [0.1, 0.15) is 5.82 Å². The number of rotatable bonds is 2. The summed E-state index contributed by atoms with van der Waals surface area (Å²) < 4.78 is 42.8. The van der Waals surface area contributed by atoms with Gasteiger partial charge in [-0.3, -0.25) is 0 Å². The number of aromatic nitrogens is 2. The van der Waals surface area contributed by atoms with E-state index in [1.165, 1.54) is 12.1 Å². The summed E-state index contributed by atoms with van der Waals surface area (Å²) in [5, 5.41) is 8.69. The van der Waals surface area contributed by atoms with E-state index in [1.807, 2.05) is 0 Å². The van der Waals surface area contributed by atoms with Crippen LogP contribution in [0.1, 0.15) is 17.0 Å². The van der Waals surface area contributed by atoms with Gasteiger partial charge in [0.15, 0.2) is 4.34 Å². The van der Waals surface area contributed by atoms with Gasteiger partial charge in [-0.05, 0) is 36.7 Å². The number of hydrogen-bond acceptors (Lipinski definition) is 5. The van der Waals surface area contributed by atoms with Crippen LogP contribution in [0.25, 0.3) is 0 Å². The Balaban J connectivity index is 2.36. The molecule has 0 N–H and O–H groups in total. The molecule has 2 aromatic rings. The third-order valence-electron chi connectivity index (χ3n) is 2.13. The van der Waals surface area contributed by atoms with Crippen molar-refractivity contribution in [2.75, 3.05) is 0 Å². The smallest absolute Gasteiger partial charge is 0.213 e. The van der Waals surface area contributed by atoms with E-state index in [-0.39, 0.29) is 5.56 Å². The lowest BCUT2D eigenvalue weighted by molar-refractivity contribution is -0.137. The summed E-state index contributed by atoms with van der Waals surface area (Å²) in [6, 6.07) is 5.13. The number of aryl methyl sites for hydroxylation is 1. The molecule has 0 saturated heterocycles. The van der Waals surface area contributed by atoms with Crippen molar-refractivity contribution in [1.82, 2.24) is 9.36 Å². The van der Waals surface area contributed by atoms with Crippen LogP contribution in [0.2, 0.25) is 0 Å². The molecule has 1 heterocycles. The number of alkyl halides is 3. The molecule has 3 nitrogen and oxygen atoms in total. The van der Waals surface area contributed by atoms with Crippen LogP contribution in [0.15, 0.2) is 27.4 Å². The van der Waals surface area contributed by atoms with Crippen LogP contribution in [0, 0.1) is 18.3 Å². The third kappa shape index (κ3) is 3.24. The highest BCUT2D eigenvalue weighted by atomic mass is 32.2. The maximum Gasteiger partial charge on any atom is 0.417 e. The Kier molecular flexibility index (Phi) is 3.78. The van der Waals surface area contributed by atoms with E-state index in [1.54, 1.807) is 13.0 Å². The molecule has 0 fully saturated rings. The van der Waals surface area contributed by atoms with Crippen molar-refractivity contribution < 1.29 is 13.2 Å². The Morgan fingerprint density at radius 1 is 1.37 bits per heavy atom. The molecule has 0 amide bonds. The maximum absolute atomic E-state index is 12.8. The van der Waals surface area contributed by atoms with E-state index >= 15 is 0 Å². The molecule has 8 heteroatoms. The van der Waals surface area contributed by atoms with E-state index in [0.29, 0.717) is 15.1 Å². The number of halogens is 3. The summed E-state index contributed by atoms with van der Waals surface area (Å²) in [5.41, 5.74) is -1.31. The van der Waals surface area contributed by atoms with E-state index in [4.69, 9.17) is 5.26 Å². The summed E-state index contributed by atoms with van der Waals surface area (Å²) in [7, 11) is 0. The predicted molar refractivity (Wildman–Crippen MR) is 64.9 cm³/mol. The molecule has 2 rings (SSSR count). The van der Waals surface area contributed by atoms with Crippen molar-refractivity contribution in [2.24, 2.45) is 0 Å². The van der Waals surface area contributed by atoms with E-state index in [2.05, 4.69) is 9.36 Å². The number of benzene rings is 1. The molecule has 0 unspecified atom stereocenters. The number of hydrogen-bond donors (Lipinski definition) is 0. The van der Waals surface area contributed by atoms with Gasteiger partial charge in [-0.2, -0.15) is 22.8 Å². The third-order valence-corrected chi connectivity index (χ3v) is 3.96. The van der Waals surface area contributed by atoms with Crippen LogP contribution in [-0.4, -0.2) is 9.36 Å². The largest absolute Gasteiger partial charge is 0.417 e. The number of nitriles is 1. The Labute approximate surface area is 115 Å². The highest BCUT2D eigenvalue weighted by molar-refractivity contribution is 8.01. The summed E-state index contributed by atoms with van der Waals surface area (Å²) in [5.74, 6) is 0.581. The average Bonchev–Trinajstić information content (AvgIpc) is 2.73. The molecule has 0 bridgehead atoms. The molecule has 0 spiro atoms. The van der Waals surface area contributed by atoms with Crippen molar-refractivity contribution in [1.29, 1.82) is 5.26 Å². The van der Waals surface area contributed by atoms with Crippen LogP contribution in [0.4, 0.5) is 13.2 Å². The minimum Gasteiger partial charge on any atom is -0.213 e. The normalized spacial score (nSPS) is 11.3. The van der Waals surface area contributed by atoms with Gasteiger partial charge in [0.2, 0.25) is 0 Å². The van der Waals surface area contributed by atoms with E-state index in [0.717, 1.165) is 29.4 Å². The first kappa shape index (κ1) is 13.8. The molecule has 0 aliphatic heterocycles. The van der Waals surface area contributed by atoms with Gasteiger partial charge in [0.05, 0.1) is 17.2 Å². The Bertz CT molecular complexity index is 643. The highest BCUT2D eigenvalue weighted by Gasteiger charge is 2.33. The molecule has 0 atom stereocenters. The lowest BCUT2D eigenvalue weighted by atomic mass is 10.1. The molecule has 0 radical (unpaired) electrons. The molecule has 0 saturated carbocycles. The second kappa shape index (κ2) is 5.19. The van der Waals surface area contributed by atoms with E-state index < -0.39 is 11.7 Å². The van der Waals surface area contributed by atoms with Gasteiger partial charge in [0.25, 0.3) is 0 Å². The minimum absolute atomic E-state index is 0.377. The van der Waals surface area contributed by atoms with Crippen molar-refractivity contribution >= 4 is 23.3 Å². The monoisotopic (exact) mass is 301 g/mol. The molecule has 1 aromatic carbocycles. The van der Waals surface area contributed by atoms with Crippen LogP contribution < -0.4 is 0 Å². The average molecular weight is 301 g/mol. The first-order valence-electron chi connectivity index (χ1n) is 4.99. The molecule has 19 heavy (non-hydrogen) atoms. The van der Waals surface area contributed by atoms with Crippen molar-refractivity contribution in [3.8, 4) is 6.07 Å². The fraction of sp³-hybridized carbons (Fsp3) is 0.182. The lowest BCUT2D eigenvalue weighted by Gasteiger charge is -2.09. The first-order valence-corrected chi connectivity index (χ1v) is 6.58. The van der Waals surface area contributed by atoms with Crippen molar-refractivity contribution in [2.45, 2.75) is 22.3 Å². The van der Waals surface area contributed by atoms with E-state index in [9.17, 15) is 13.2 Å². The predicted octanol–water partition coefficient (Wildman–Crippen LogP) is 3.89. The Morgan fingerprint density at radius 2 is 2.11 bits per heavy atom. The number of nitrogens with zero attached hydrogens (tertiary/aromatic N) is 3. The van der Waals surface area contributed by atoms with Crippen LogP contribution in [-0.2, 0) is 6.18 Å². The lowest BCUT2D eigenvalue weighted by Crippen LogP contribution is -2.07. The highest BCUT2D eigenvalue weighted by Crippen LogP contribution is 2.36. The Hall–Kier alpha value is -1.59. The minimum atomic E-state index is -4.54. The van der Waals surface area contributed by atoms with Crippen molar-refractivity contribution in [3.63, 3.8) is 0 Å². The first-order chi connectivity index (χ1) is 8.90. The molecule has 0 aliphatic rings. The zero-order valence-electron chi connectivity index (χ0n) is 9.52. The summed E-state index contributed by atoms with van der Waals surface area (Å²) in [6.45, 7) is 1.71. The van der Waals surface area contributed by atoms with Crippen LogP contribution >= 0.6 is 23.3 Å². The standard InChI is InChI=1S/C11H6F3N3S2/c1-6-16-10(19-17-6)18-8-3-2-7(5-15)9(4-8)11(12,13)14/h2-4H,1H3. The van der Waals surface area contributed by atoms with Crippen molar-refractivity contribution in [3.05, 3.63) is 35.2 Å². The zero-order chi connectivity index (χ0) is 14.0. The second-order valence-electron chi connectivity index (χ2n) is 3.53. The van der Waals surface area contributed by atoms with Gasteiger partial charge in [-0.25, -0.2) is 4.98 Å². The summed E-state index contributed by atoms with van der Waals surface area (Å²) in [6.07, 6.45) is -4.54. The molecular formula is C11H6F3N3S2. The fourth-order valence-electron chi connectivity index (χ4n) is 1.34. The maximum atomic E-state index is 12.8. The summed E-state index contributed by atoms with van der Waals surface area (Å²) >= 11 is 2.22. The Morgan fingerprint density at radius 3 is 2.63 bits per heavy atom. The van der Waals surface area contributed by atoms with Gasteiger partial charge in [0, 0.05) is 4.90 Å². The van der Waals surface area contributed by atoms with Gasteiger partial charge < -0.3 is 0 Å². The second-order valence-corrected chi connectivity index (χ2v) is 5.60. The van der Waals surface area contributed by atoms with Gasteiger partial charge in [-0.1, -0.05) is 11.8 Å². The topological polar surface area (TPSA) is 49.6 Å². The van der Waals surface area contributed by atoms with Gasteiger partial charge in [-0.15, -0.1) is 0 Å². The SMILES string of the molecule is Cc1nsc(Sc2ccc(C#N)c(C(F)(F)F)c2)n1. The summed E-state index contributed by atoms with van der Waals surface area (Å²) in [4.78, 5) is 4.44.